The lowest BCUT2D eigenvalue weighted by atomic mass is 10.0. The Morgan fingerprint density at radius 2 is 1.82 bits per heavy atom. The first kappa shape index (κ1) is 23.9. The summed E-state index contributed by atoms with van der Waals surface area (Å²) >= 11 is 0. The standard InChI is InChI=1S/C25H29F2N3O4/c1-33-19-4-6-23(34-2)22(13-19)30-15-17(12-24(30)31)25(32)28-18-7-9-29(10-8-18)14-16-3-5-20(26)21(27)11-16/h3-6,11,13,17-18H,7-10,12,14-15H2,1-2H3,(H,28,32). The minimum absolute atomic E-state index is 0.0178. The number of hydrogen-bond acceptors (Lipinski definition) is 5. The largest absolute Gasteiger partial charge is 0.497 e. The van der Waals surface area contributed by atoms with Crippen LogP contribution >= 0.6 is 0 Å². The molecule has 2 amide bonds. The van der Waals surface area contributed by atoms with Gasteiger partial charge in [-0.2, -0.15) is 0 Å². The molecule has 9 heteroatoms. The van der Waals surface area contributed by atoms with E-state index >= 15 is 0 Å². The van der Waals surface area contributed by atoms with Gasteiger partial charge in [0, 0.05) is 44.7 Å². The smallest absolute Gasteiger partial charge is 0.227 e. The fourth-order valence-electron chi connectivity index (χ4n) is 4.57. The second-order valence-electron chi connectivity index (χ2n) is 8.75. The molecule has 1 unspecified atom stereocenters. The third-order valence-corrected chi connectivity index (χ3v) is 6.50. The van der Waals surface area contributed by atoms with Crippen molar-refractivity contribution >= 4 is 17.5 Å². The molecule has 2 fully saturated rings. The van der Waals surface area contributed by atoms with Gasteiger partial charge in [-0.05, 0) is 42.7 Å². The van der Waals surface area contributed by atoms with E-state index in [1.807, 2.05) is 0 Å². The molecule has 0 saturated carbocycles. The topological polar surface area (TPSA) is 71.1 Å². The Bertz CT molecular complexity index is 1060. The Kier molecular flexibility index (Phi) is 7.31. The first-order chi connectivity index (χ1) is 16.4. The maximum atomic E-state index is 13.4. The minimum Gasteiger partial charge on any atom is -0.497 e. The molecule has 2 heterocycles. The molecule has 2 saturated heterocycles. The average Bonchev–Trinajstić information content (AvgIpc) is 3.23. The highest BCUT2D eigenvalue weighted by Crippen LogP contribution is 2.36. The van der Waals surface area contributed by atoms with E-state index in [9.17, 15) is 18.4 Å². The van der Waals surface area contributed by atoms with E-state index in [2.05, 4.69) is 10.2 Å². The molecule has 0 aliphatic carbocycles. The van der Waals surface area contributed by atoms with Gasteiger partial charge in [-0.3, -0.25) is 14.5 Å². The van der Waals surface area contributed by atoms with Gasteiger partial charge in [0.25, 0.3) is 0 Å². The second kappa shape index (κ2) is 10.4. The zero-order valence-corrected chi connectivity index (χ0v) is 19.4. The number of nitrogens with zero attached hydrogens (tertiary/aromatic N) is 2. The summed E-state index contributed by atoms with van der Waals surface area (Å²) in [4.78, 5) is 29.4. The highest BCUT2D eigenvalue weighted by Gasteiger charge is 2.37. The molecule has 2 aromatic rings. The number of benzene rings is 2. The van der Waals surface area contributed by atoms with Crippen molar-refractivity contribution in [2.24, 2.45) is 5.92 Å². The maximum Gasteiger partial charge on any atom is 0.227 e. The molecule has 4 rings (SSSR count). The summed E-state index contributed by atoms with van der Waals surface area (Å²) in [6.07, 6.45) is 1.65. The lowest BCUT2D eigenvalue weighted by Crippen LogP contribution is -2.46. The molecule has 7 nitrogen and oxygen atoms in total. The number of carbonyl (C=O) groups is 2. The van der Waals surface area contributed by atoms with Crippen LogP contribution in [-0.2, 0) is 16.1 Å². The van der Waals surface area contributed by atoms with Crippen LogP contribution in [0.15, 0.2) is 36.4 Å². The molecule has 1 N–H and O–H groups in total. The van der Waals surface area contributed by atoms with E-state index in [0.717, 1.165) is 37.6 Å². The van der Waals surface area contributed by atoms with Crippen LogP contribution in [0, 0.1) is 17.6 Å². The van der Waals surface area contributed by atoms with Gasteiger partial charge in [0.2, 0.25) is 11.8 Å². The number of rotatable bonds is 7. The van der Waals surface area contributed by atoms with Gasteiger partial charge in [-0.1, -0.05) is 6.07 Å². The first-order valence-corrected chi connectivity index (χ1v) is 11.4. The Balaban J connectivity index is 1.30. The van der Waals surface area contributed by atoms with Crippen molar-refractivity contribution in [2.75, 3.05) is 38.8 Å². The minimum atomic E-state index is -0.848. The molecule has 34 heavy (non-hydrogen) atoms. The summed E-state index contributed by atoms with van der Waals surface area (Å²) < 4.78 is 37.2. The Morgan fingerprint density at radius 3 is 2.50 bits per heavy atom. The number of ether oxygens (including phenoxy) is 2. The van der Waals surface area contributed by atoms with Gasteiger partial charge < -0.3 is 19.7 Å². The van der Waals surface area contributed by atoms with Crippen LogP contribution in [0.1, 0.15) is 24.8 Å². The number of methoxy groups -OCH3 is 2. The maximum absolute atomic E-state index is 13.4. The summed E-state index contributed by atoms with van der Waals surface area (Å²) in [5, 5.41) is 3.10. The van der Waals surface area contributed by atoms with Crippen LogP contribution in [-0.4, -0.2) is 56.6 Å². The molecule has 182 valence electrons. The molecule has 2 aliphatic rings. The van der Waals surface area contributed by atoms with Crippen LogP contribution in [0.4, 0.5) is 14.5 Å². The summed E-state index contributed by atoms with van der Waals surface area (Å²) in [5.74, 6) is -1.24. The highest BCUT2D eigenvalue weighted by atomic mass is 19.2. The number of amides is 2. The van der Waals surface area contributed by atoms with Gasteiger partial charge >= 0.3 is 0 Å². The lowest BCUT2D eigenvalue weighted by Gasteiger charge is -2.32. The van der Waals surface area contributed by atoms with Crippen molar-refractivity contribution in [3.05, 3.63) is 53.6 Å². The predicted octanol–water partition coefficient (Wildman–Crippen LogP) is 3.12. The molecule has 0 bridgehead atoms. The highest BCUT2D eigenvalue weighted by molar-refractivity contribution is 6.01. The first-order valence-electron chi connectivity index (χ1n) is 11.4. The summed E-state index contributed by atoms with van der Waals surface area (Å²) in [6, 6.07) is 9.21. The van der Waals surface area contributed by atoms with Crippen molar-refractivity contribution in [2.45, 2.75) is 31.8 Å². The van der Waals surface area contributed by atoms with E-state index in [1.165, 1.54) is 13.2 Å². The molecule has 2 aliphatic heterocycles. The Labute approximate surface area is 197 Å². The number of likely N-dealkylation sites (tertiary alicyclic amines) is 1. The van der Waals surface area contributed by atoms with Crippen molar-refractivity contribution < 1.29 is 27.8 Å². The second-order valence-corrected chi connectivity index (χ2v) is 8.75. The van der Waals surface area contributed by atoms with Gasteiger partial charge in [0.05, 0.1) is 25.8 Å². The van der Waals surface area contributed by atoms with Crippen molar-refractivity contribution in [3.8, 4) is 11.5 Å². The SMILES string of the molecule is COc1ccc(OC)c(N2CC(C(=O)NC3CCN(Cc4ccc(F)c(F)c4)CC3)CC2=O)c1. The van der Waals surface area contributed by atoms with Gasteiger partial charge in [0.1, 0.15) is 11.5 Å². The third-order valence-electron chi connectivity index (χ3n) is 6.50. The van der Waals surface area contributed by atoms with E-state index in [1.54, 1.807) is 36.3 Å². The van der Waals surface area contributed by atoms with Gasteiger partial charge in [0.15, 0.2) is 11.6 Å². The zero-order valence-electron chi connectivity index (χ0n) is 19.4. The summed E-state index contributed by atoms with van der Waals surface area (Å²) in [6.45, 7) is 2.29. The predicted molar refractivity (Wildman–Crippen MR) is 123 cm³/mol. The number of piperidine rings is 1. The molecule has 2 aromatic carbocycles. The molecular weight excluding hydrogens is 444 g/mol. The van der Waals surface area contributed by atoms with Crippen LogP contribution < -0.4 is 19.7 Å². The van der Waals surface area contributed by atoms with Crippen LogP contribution in [0.25, 0.3) is 0 Å². The van der Waals surface area contributed by atoms with Crippen molar-refractivity contribution in [1.29, 1.82) is 0 Å². The molecule has 0 aromatic heterocycles. The van der Waals surface area contributed by atoms with E-state index in [-0.39, 0.29) is 30.8 Å². The van der Waals surface area contributed by atoms with Crippen molar-refractivity contribution in [1.82, 2.24) is 10.2 Å². The summed E-state index contributed by atoms with van der Waals surface area (Å²) in [5.41, 5.74) is 1.31. The fraction of sp³-hybridized carbons (Fsp3) is 0.440. The van der Waals surface area contributed by atoms with Gasteiger partial charge in [-0.15, -0.1) is 0 Å². The van der Waals surface area contributed by atoms with E-state index in [4.69, 9.17) is 9.47 Å². The molecule has 1 atom stereocenters. The number of carbonyl (C=O) groups excluding carboxylic acids is 2. The van der Waals surface area contributed by atoms with Crippen LogP contribution in [0.5, 0.6) is 11.5 Å². The molecule has 0 spiro atoms. The number of hydrogen-bond donors (Lipinski definition) is 1. The molecule has 0 radical (unpaired) electrons. The van der Waals surface area contributed by atoms with Crippen molar-refractivity contribution in [3.63, 3.8) is 0 Å². The monoisotopic (exact) mass is 473 g/mol. The van der Waals surface area contributed by atoms with Gasteiger partial charge in [-0.25, -0.2) is 8.78 Å². The number of anilines is 1. The quantitative estimate of drug-likeness (QED) is 0.669. The van der Waals surface area contributed by atoms with E-state index < -0.39 is 17.6 Å². The average molecular weight is 474 g/mol. The van der Waals surface area contributed by atoms with E-state index in [0.29, 0.717) is 23.7 Å². The Hall–Kier alpha value is -3.20. The lowest BCUT2D eigenvalue weighted by molar-refractivity contribution is -0.127. The molecular formula is C25H29F2N3O4. The fourth-order valence-corrected chi connectivity index (χ4v) is 4.57. The normalized spacial score (nSPS) is 19.4. The zero-order chi connectivity index (χ0) is 24.2. The summed E-state index contributed by atoms with van der Waals surface area (Å²) in [7, 11) is 3.09. The van der Waals surface area contributed by atoms with Crippen LogP contribution in [0.2, 0.25) is 0 Å². The number of halogens is 2. The Morgan fingerprint density at radius 1 is 1.06 bits per heavy atom. The van der Waals surface area contributed by atoms with Crippen LogP contribution in [0.3, 0.4) is 0 Å². The number of nitrogens with one attached hydrogen (secondary N) is 1. The third kappa shape index (κ3) is 5.30.